The minimum atomic E-state index is -1.52. The van der Waals surface area contributed by atoms with E-state index in [2.05, 4.69) is 31.6 Å². The number of nitrogens with zero attached hydrogens (tertiary/aromatic N) is 1. The molecule has 0 unspecified atom stereocenters. The highest BCUT2D eigenvalue weighted by molar-refractivity contribution is 5.98. The summed E-state index contributed by atoms with van der Waals surface area (Å²) in [6.07, 6.45) is 0.826. The summed E-state index contributed by atoms with van der Waals surface area (Å²) >= 11 is 0. The number of carboxylic acid groups (broad SMARTS) is 1. The second-order valence-corrected chi connectivity index (χ2v) is 9.52. The van der Waals surface area contributed by atoms with Crippen molar-refractivity contribution in [2.24, 2.45) is 28.1 Å². The van der Waals surface area contributed by atoms with Gasteiger partial charge in [-0.1, -0.05) is 13.8 Å². The van der Waals surface area contributed by atoms with Crippen LogP contribution in [0.5, 0.6) is 0 Å². The molecule has 0 aliphatic carbocycles. The maximum absolute atomic E-state index is 13.2. The Labute approximate surface area is 226 Å². The van der Waals surface area contributed by atoms with Crippen LogP contribution in [0.1, 0.15) is 52.4 Å². The van der Waals surface area contributed by atoms with Crippen LogP contribution in [0.25, 0.3) is 0 Å². The van der Waals surface area contributed by atoms with Crippen LogP contribution in [0.2, 0.25) is 0 Å². The van der Waals surface area contributed by atoms with Crippen molar-refractivity contribution >= 4 is 41.5 Å². The van der Waals surface area contributed by atoms with E-state index in [9.17, 15) is 33.9 Å². The van der Waals surface area contributed by atoms with Crippen LogP contribution in [-0.4, -0.2) is 90.4 Å². The molecule has 1 saturated heterocycles. The van der Waals surface area contributed by atoms with Gasteiger partial charge in [0.25, 0.3) is 0 Å². The molecule has 1 aliphatic rings. The molecule has 1 heterocycles. The Kier molecular flexibility index (Phi) is 14.3. The zero-order valence-electron chi connectivity index (χ0n) is 22.3. The number of aliphatic carboxylic acids is 1. The number of aliphatic imine (C=N–C) groups is 1. The SMILES string of the molecule is CC(C)[C@H]1NC(=O)[C@H](CCCCN)NC(=O)[C@H](CC(=O)O)NC(=O)CNC(=O)[C@H](CCCN=C(N)N)NC1=O. The van der Waals surface area contributed by atoms with E-state index in [4.69, 9.17) is 17.2 Å². The van der Waals surface area contributed by atoms with Crippen molar-refractivity contribution < 1.29 is 33.9 Å². The quantitative estimate of drug-likeness (QED) is 0.0685. The van der Waals surface area contributed by atoms with Crippen molar-refractivity contribution in [3.63, 3.8) is 0 Å². The van der Waals surface area contributed by atoms with E-state index < -0.39 is 78.6 Å². The van der Waals surface area contributed by atoms with E-state index in [1.165, 1.54) is 0 Å². The smallest absolute Gasteiger partial charge is 0.305 e. The second-order valence-electron chi connectivity index (χ2n) is 9.52. The average Bonchev–Trinajstić information content (AvgIpc) is 2.85. The third-order valence-electron chi connectivity index (χ3n) is 5.86. The number of guanidine groups is 1. The van der Waals surface area contributed by atoms with Crippen molar-refractivity contribution in [2.75, 3.05) is 19.6 Å². The van der Waals surface area contributed by atoms with Gasteiger partial charge >= 0.3 is 5.97 Å². The van der Waals surface area contributed by atoms with Gasteiger partial charge in [0, 0.05) is 6.54 Å². The second kappa shape index (κ2) is 16.8. The van der Waals surface area contributed by atoms with E-state index in [1.807, 2.05) is 0 Å². The normalized spacial score (nSPS) is 23.3. The fourth-order valence-electron chi connectivity index (χ4n) is 3.78. The number of nitrogens with two attached hydrogens (primary N) is 3. The van der Waals surface area contributed by atoms with E-state index >= 15 is 0 Å². The lowest BCUT2D eigenvalue weighted by Crippen LogP contribution is -2.59. The lowest BCUT2D eigenvalue weighted by molar-refractivity contribution is -0.141. The van der Waals surface area contributed by atoms with Gasteiger partial charge in [-0.2, -0.15) is 0 Å². The minimum Gasteiger partial charge on any atom is -0.481 e. The number of carbonyl (C=O) groups is 6. The lowest BCUT2D eigenvalue weighted by atomic mass is 10.0. The van der Waals surface area contributed by atoms with E-state index in [0.717, 1.165) is 0 Å². The van der Waals surface area contributed by atoms with Gasteiger partial charge < -0.3 is 48.9 Å². The first-order valence-corrected chi connectivity index (χ1v) is 12.8. The highest BCUT2D eigenvalue weighted by Crippen LogP contribution is 2.09. The third-order valence-corrected chi connectivity index (χ3v) is 5.86. The topological polar surface area (TPSA) is 273 Å². The molecule has 16 nitrogen and oxygen atoms in total. The van der Waals surface area contributed by atoms with Crippen LogP contribution in [0.15, 0.2) is 4.99 Å². The molecule has 0 aromatic carbocycles. The van der Waals surface area contributed by atoms with Crippen LogP contribution in [0.4, 0.5) is 0 Å². The highest BCUT2D eigenvalue weighted by Gasteiger charge is 2.33. The number of unbranched alkanes of at least 4 members (excludes halogenated alkanes) is 1. The zero-order valence-corrected chi connectivity index (χ0v) is 22.3. The minimum absolute atomic E-state index is 0.109. The third kappa shape index (κ3) is 12.4. The molecule has 0 saturated carbocycles. The van der Waals surface area contributed by atoms with Crippen molar-refractivity contribution in [3.8, 4) is 0 Å². The van der Waals surface area contributed by atoms with Crippen LogP contribution in [0.3, 0.4) is 0 Å². The number of nitrogens with one attached hydrogen (secondary N) is 5. The number of amides is 5. The van der Waals surface area contributed by atoms with Gasteiger partial charge in [-0.05, 0) is 44.6 Å². The zero-order chi connectivity index (χ0) is 29.5. The predicted octanol–water partition coefficient (Wildman–Crippen LogP) is -3.63. The molecule has 0 spiro atoms. The van der Waals surface area contributed by atoms with Crippen molar-refractivity contribution in [3.05, 3.63) is 0 Å². The van der Waals surface area contributed by atoms with Gasteiger partial charge in [0.2, 0.25) is 29.5 Å². The fourth-order valence-corrected chi connectivity index (χ4v) is 3.78. The predicted molar refractivity (Wildman–Crippen MR) is 141 cm³/mol. The molecule has 16 heteroatoms. The highest BCUT2D eigenvalue weighted by atomic mass is 16.4. The molecule has 1 rings (SSSR count). The van der Waals surface area contributed by atoms with Crippen molar-refractivity contribution in [1.29, 1.82) is 0 Å². The number of hydrogen-bond acceptors (Lipinski definition) is 8. The Bertz CT molecular complexity index is 922. The van der Waals surface area contributed by atoms with Gasteiger partial charge in [-0.15, -0.1) is 0 Å². The summed E-state index contributed by atoms with van der Waals surface area (Å²) in [5.74, 6) is -5.67. The molecule has 1 fully saturated rings. The van der Waals surface area contributed by atoms with E-state index in [-0.39, 0.29) is 25.3 Å². The first-order chi connectivity index (χ1) is 18.3. The number of rotatable bonds is 11. The Balaban J connectivity index is 3.33. The Morgan fingerprint density at radius 3 is 2.05 bits per heavy atom. The summed E-state index contributed by atoms with van der Waals surface area (Å²) in [4.78, 5) is 79.9. The van der Waals surface area contributed by atoms with Crippen LogP contribution in [0, 0.1) is 5.92 Å². The summed E-state index contributed by atoms with van der Waals surface area (Å²) in [7, 11) is 0. The molecule has 4 atom stereocenters. The molecule has 0 aromatic rings. The molecule has 39 heavy (non-hydrogen) atoms. The van der Waals surface area contributed by atoms with Gasteiger partial charge in [0.05, 0.1) is 13.0 Å². The number of carbonyl (C=O) groups excluding carboxylic acids is 5. The monoisotopic (exact) mass is 555 g/mol. The Hall–Kier alpha value is -3.95. The van der Waals surface area contributed by atoms with Gasteiger partial charge in [0.1, 0.15) is 24.2 Å². The summed E-state index contributed by atoms with van der Waals surface area (Å²) in [6.45, 7) is 3.33. The molecule has 220 valence electrons. The molecular formula is C23H41N9O7. The van der Waals surface area contributed by atoms with Gasteiger partial charge in [-0.3, -0.25) is 33.8 Å². The average molecular weight is 556 g/mol. The lowest BCUT2D eigenvalue weighted by Gasteiger charge is -2.27. The summed E-state index contributed by atoms with van der Waals surface area (Å²) < 4.78 is 0. The molecule has 0 bridgehead atoms. The molecule has 5 amide bonds. The van der Waals surface area contributed by atoms with Gasteiger partial charge in [-0.25, -0.2) is 0 Å². The van der Waals surface area contributed by atoms with Crippen molar-refractivity contribution in [1.82, 2.24) is 26.6 Å². The Morgan fingerprint density at radius 1 is 0.872 bits per heavy atom. The molecular weight excluding hydrogens is 514 g/mol. The molecule has 0 aromatic heterocycles. The van der Waals surface area contributed by atoms with Crippen LogP contribution >= 0.6 is 0 Å². The van der Waals surface area contributed by atoms with Gasteiger partial charge in [0.15, 0.2) is 5.96 Å². The molecule has 12 N–H and O–H groups in total. The van der Waals surface area contributed by atoms with E-state index in [1.54, 1.807) is 13.8 Å². The Morgan fingerprint density at radius 2 is 1.46 bits per heavy atom. The van der Waals surface area contributed by atoms with E-state index in [0.29, 0.717) is 25.8 Å². The molecule has 0 radical (unpaired) electrons. The largest absolute Gasteiger partial charge is 0.481 e. The first-order valence-electron chi connectivity index (χ1n) is 12.8. The first kappa shape index (κ1) is 33.1. The van der Waals surface area contributed by atoms with Crippen LogP contribution in [-0.2, 0) is 28.8 Å². The maximum atomic E-state index is 13.2. The maximum Gasteiger partial charge on any atom is 0.305 e. The number of hydrogen-bond donors (Lipinski definition) is 9. The standard InChI is InChI=1S/C23H41N9O7/c1-12(2)18-22(39)31-13(7-5-9-27-23(25)26)19(36)28-11-16(33)29-15(10-17(34)35)21(38)30-14(20(37)32-18)6-3-4-8-24/h12-15,18H,3-11,24H2,1-2H3,(H,28,36)(H,29,33)(H,30,38)(H,31,39)(H,32,37)(H,34,35)(H4,25,26,27)/t13-,14-,15-,18+/m0/s1. The van der Waals surface area contributed by atoms with Crippen molar-refractivity contribution in [2.45, 2.75) is 76.5 Å². The summed E-state index contributed by atoms with van der Waals surface area (Å²) in [6, 6.07) is -4.82. The fraction of sp³-hybridized carbons (Fsp3) is 0.696. The molecule has 1 aliphatic heterocycles. The number of carboxylic acids is 1. The summed E-state index contributed by atoms with van der Waals surface area (Å²) in [5.41, 5.74) is 16.2. The van der Waals surface area contributed by atoms with Crippen LogP contribution < -0.4 is 43.8 Å². The summed E-state index contributed by atoms with van der Waals surface area (Å²) in [5, 5.41) is 21.6.